The van der Waals surface area contributed by atoms with E-state index < -0.39 is 29.5 Å². The van der Waals surface area contributed by atoms with Crippen molar-refractivity contribution in [3.8, 4) is 0 Å². The molecule has 126 valence electrons. The lowest BCUT2D eigenvalue weighted by atomic mass is 9.96. The lowest BCUT2D eigenvalue weighted by molar-refractivity contribution is -0.142. The molecule has 0 spiro atoms. The van der Waals surface area contributed by atoms with Crippen molar-refractivity contribution in [2.24, 2.45) is 0 Å². The van der Waals surface area contributed by atoms with Gasteiger partial charge in [0.2, 0.25) is 0 Å². The third-order valence-electron chi connectivity index (χ3n) is 3.61. The highest BCUT2D eigenvalue weighted by Crippen LogP contribution is 2.35. The van der Waals surface area contributed by atoms with Crippen molar-refractivity contribution in [2.75, 3.05) is 6.54 Å². The minimum atomic E-state index is -1.12. The number of hydrogen-bond acceptors (Lipinski definition) is 3. The first kappa shape index (κ1) is 17.7. The number of likely N-dealkylation sites (tertiary alicyclic amines) is 1. The van der Waals surface area contributed by atoms with Gasteiger partial charge in [0.05, 0.1) is 0 Å². The second kappa shape index (κ2) is 6.47. The molecule has 1 amide bonds. The van der Waals surface area contributed by atoms with E-state index in [4.69, 9.17) is 4.74 Å². The highest BCUT2D eigenvalue weighted by molar-refractivity contribution is 9.10. The Morgan fingerprint density at radius 3 is 2.61 bits per heavy atom. The van der Waals surface area contributed by atoms with E-state index in [2.05, 4.69) is 15.9 Å². The topological polar surface area (TPSA) is 66.8 Å². The molecule has 0 aromatic heterocycles. The molecular weight excluding hydrogens is 369 g/mol. The van der Waals surface area contributed by atoms with E-state index in [-0.39, 0.29) is 18.9 Å². The van der Waals surface area contributed by atoms with Gasteiger partial charge in [-0.2, -0.15) is 0 Å². The average molecular weight is 388 g/mol. The molecule has 1 saturated heterocycles. The number of rotatable bonds is 2. The van der Waals surface area contributed by atoms with Crippen LogP contribution in [0.1, 0.15) is 38.7 Å². The number of benzene rings is 1. The fourth-order valence-electron chi connectivity index (χ4n) is 2.65. The van der Waals surface area contributed by atoms with E-state index in [0.717, 1.165) is 0 Å². The number of nitrogens with zero attached hydrogens (tertiary/aromatic N) is 1. The highest BCUT2D eigenvalue weighted by atomic mass is 79.9. The number of halogens is 2. The van der Waals surface area contributed by atoms with Crippen LogP contribution in [0, 0.1) is 5.82 Å². The van der Waals surface area contributed by atoms with Crippen LogP contribution in [0.3, 0.4) is 0 Å². The Labute approximate surface area is 142 Å². The van der Waals surface area contributed by atoms with Gasteiger partial charge in [-0.25, -0.2) is 14.0 Å². The number of carbonyl (C=O) groups excluding carboxylic acids is 1. The Morgan fingerprint density at radius 2 is 2.04 bits per heavy atom. The molecule has 1 aliphatic rings. The van der Waals surface area contributed by atoms with Crippen LogP contribution in [-0.4, -0.2) is 40.3 Å². The summed E-state index contributed by atoms with van der Waals surface area (Å²) in [6.07, 6.45) is -0.537. The Hall–Kier alpha value is -1.63. The first-order chi connectivity index (χ1) is 10.6. The van der Waals surface area contributed by atoms with Gasteiger partial charge in [-0.15, -0.1) is 0 Å². The van der Waals surface area contributed by atoms with Crippen molar-refractivity contribution >= 4 is 28.0 Å². The summed E-state index contributed by atoms with van der Waals surface area (Å²) in [7, 11) is 0. The molecule has 2 atom stereocenters. The minimum absolute atomic E-state index is 0.110. The Kier molecular flexibility index (Phi) is 4.98. The molecule has 1 aliphatic heterocycles. The van der Waals surface area contributed by atoms with E-state index in [1.807, 2.05) is 0 Å². The maximum absolute atomic E-state index is 14.0. The summed E-state index contributed by atoms with van der Waals surface area (Å²) in [6, 6.07) is 3.50. The van der Waals surface area contributed by atoms with Crippen LogP contribution in [0.15, 0.2) is 22.7 Å². The molecule has 1 fully saturated rings. The molecule has 1 N–H and O–H groups in total. The zero-order chi connectivity index (χ0) is 17.4. The van der Waals surface area contributed by atoms with Crippen molar-refractivity contribution in [2.45, 2.75) is 44.8 Å². The molecule has 7 heteroatoms. The van der Waals surface area contributed by atoms with Gasteiger partial charge in [-0.3, -0.25) is 4.90 Å². The normalized spacial score (nSPS) is 21.3. The quantitative estimate of drug-likeness (QED) is 0.838. The fourth-order valence-corrected chi connectivity index (χ4v) is 3.02. The maximum atomic E-state index is 14.0. The lowest BCUT2D eigenvalue weighted by Gasteiger charge is -2.26. The van der Waals surface area contributed by atoms with E-state index >= 15 is 0 Å². The van der Waals surface area contributed by atoms with Crippen molar-refractivity contribution in [1.82, 2.24) is 4.90 Å². The summed E-state index contributed by atoms with van der Waals surface area (Å²) < 4.78 is 20.0. The van der Waals surface area contributed by atoms with Gasteiger partial charge in [-0.1, -0.05) is 15.9 Å². The van der Waals surface area contributed by atoms with Crippen molar-refractivity contribution in [3.05, 3.63) is 34.1 Å². The zero-order valence-electron chi connectivity index (χ0n) is 13.2. The molecule has 0 aliphatic carbocycles. The van der Waals surface area contributed by atoms with E-state index in [1.165, 1.54) is 11.0 Å². The van der Waals surface area contributed by atoms with E-state index in [1.54, 1.807) is 32.9 Å². The molecule has 1 aromatic carbocycles. The third-order valence-corrected chi connectivity index (χ3v) is 4.11. The van der Waals surface area contributed by atoms with Gasteiger partial charge >= 0.3 is 12.1 Å². The first-order valence-electron chi connectivity index (χ1n) is 7.26. The Bertz CT molecular complexity index is 629. The molecule has 0 radical (unpaired) electrons. The van der Waals surface area contributed by atoms with Crippen LogP contribution in [0.5, 0.6) is 0 Å². The molecule has 1 unspecified atom stereocenters. The van der Waals surface area contributed by atoms with Gasteiger partial charge in [0, 0.05) is 16.9 Å². The van der Waals surface area contributed by atoms with Gasteiger partial charge in [0.1, 0.15) is 17.5 Å². The first-order valence-corrected chi connectivity index (χ1v) is 8.05. The summed E-state index contributed by atoms with van der Waals surface area (Å²) >= 11 is 3.28. The zero-order valence-corrected chi connectivity index (χ0v) is 14.8. The number of carboxylic acid groups (broad SMARTS) is 1. The number of carboxylic acids is 1. The van der Waals surface area contributed by atoms with Gasteiger partial charge in [0.25, 0.3) is 0 Å². The summed E-state index contributed by atoms with van der Waals surface area (Å²) in [5, 5.41) is 9.37. The van der Waals surface area contributed by atoms with Gasteiger partial charge < -0.3 is 9.84 Å². The molecule has 1 aromatic rings. The predicted molar refractivity (Wildman–Crippen MR) is 85.8 cm³/mol. The van der Waals surface area contributed by atoms with Gasteiger partial charge in [0.15, 0.2) is 0 Å². The van der Waals surface area contributed by atoms with E-state index in [0.29, 0.717) is 10.0 Å². The molecule has 2 rings (SSSR count). The summed E-state index contributed by atoms with van der Waals surface area (Å²) in [5.74, 6) is -1.91. The van der Waals surface area contributed by atoms with Crippen molar-refractivity contribution < 1.29 is 23.8 Å². The lowest BCUT2D eigenvalue weighted by Crippen LogP contribution is -2.43. The largest absolute Gasteiger partial charge is 0.480 e. The Morgan fingerprint density at radius 1 is 1.39 bits per heavy atom. The molecule has 1 heterocycles. The molecule has 0 saturated carbocycles. The molecule has 23 heavy (non-hydrogen) atoms. The van der Waals surface area contributed by atoms with Crippen LogP contribution >= 0.6 is 15.9 Å². The standard InChI is InChI=1S/C16H19BrFNO4/c1-16(2,3)23-15(22)19-8-9(6-13(19)14(20)21)11-7-10(17)4-5-12(11)18/h4-5,7,9,13H,6,8H2,1-3H3,(H,20,21)/t9-,13?/m1/s1. The second-order valence-electron chi connectivity index (χ2n) is 6.59. The maximum Gasteiger partial charge on any atom is 0.411 e. The second-order valence-corrected chi connectivity index (χ2v) is 7.50. The van der Waals surface area contributed by atoms with Crippen LogP contribution in [-0.2, 0) is 9.53 Å². The molecule has 0 bridgehead atoms. The monoisotopic (exact) mass is 387 g/mol. The fraction of sp³-hybridized carbons (Fsp3) is 0.500. The van der Waals surface area contributed by atoms with Gasteiger partial charge in [-0.05, 0) is 51.0 Å². The number of amides is 1. The van der Waals surface area contributed by atoms with Crippen LogP contribution in [0.2, 0.25) is 0 Å². The van der Waals surface area contributed by atoms with Crippen molar-refractivity contribution in [3.63, 3.8) is 0 Å². The number of carbonyl (C=O) groups is 2. The summed E-state index contributed by atoms with van der Waals surface area (Å²) in [4.78, 5) is 24.9. The molecular formula is C16H19BrFNO4. The average Bonchev–Trinajstić information content (AvgIpc) is 2.85. The smallest absolute Gasteiger partial charge is 0.411 e. The molecule has 5 nitrogen and oxygen atoms in total. The minimum Gasteiger partial charge on any atom is -0.480 e. The Balaban J connectivity index is 2.26. The number of aliphatic carboxylic acids is 1. The van der Waals surface area contributed by atoms with Crippen LogP contribution < -0.4 is 0 Å². The summed E-state index contributed by atoms with van der Waals surface area (Å²) in [5.41, 5.74) is -0.323. The predicted octanol–water partition coefficient (Wildman–Crippen LogP) is 3.77. The SMILES string of the molecule is CC(C)(C)OC(=O)N1C[C@H](c2cc(Br)ccc2F)CC1C(=O)O. The third kappa shape index (κ3) is 4.22. The highest BCUT2D eigenvalue weighted by Gasteiger charge is 2.42. The van der Waals surface area contributed by atoms with Crippen LogP contribution in [0.4, 0.5) is 9.18 Å². The van der Waals surface area contributed by atoms with Crippen LogP contribution in [0.25, 0.3) is 0 Å². The number of hydrogen-bond donors (Lipinski definition) is 1. The summed E-state index contributed by atoms with van der Waals surface area (Å²) in [6.45, 7) is 5.24. The van der Waals surface area contributed by atoms with E-state index in [9.17, 15) is 19.1 Å². The van der Waals surface area contributed by atoms with Crippen molar-refractivity contribution in [1.29, 1.82) is 0 Å². The number of ether oxygens (including phenoxy) is 1.